The van der Waals surface area contributed by atoms with Crippen molar-refractivity contribution in [2.45, 2.75) is 40.3 Å². The van der Waals surface area contributed by atoms with Crippen LogP contribution in [0.3, 0.4) is 0 Å². The number of carbonyl (C=O) groups is 2. The standard InChI is InChI=1S/C26H27N5O3.2H2/c1-6-22(32)29-21-11-17(9-8-16(21)5)23-20-10-18(26(33)34-15(3)4)12-27-25(20)30-24(23)19-13-28-31(7-2)14-19;;/h6,8-15H,1,7H2,2-5H3,(H,27,30)(H,29,32);2*1H. The summed E-state index contributed by atoms with van der Waals surface area (Å²) in [5.41, 5.74) is 6.00. The zero-order valence-electron chi connectivity index (χ0n) is 19.7. The van der Waals surface area contributed by atoms with Crippen LogP contribution >= 0.6 is 0 Å². The molecule has 0 atom stereocenters. The molecular weight excluding hydrogens is 430 g/mol. The highest BCUT2D eigenvalue weighted by atomic mass is 16.5. The Hall–Kier alpha value is -4.20. The van der Waals surface area contributed by atoms with Gasteiger partial charge in [-0.05, 0) is 57.0 Å². The molecule has 0 spiro atoms. The third kappa shape index (κ3) is 4.47. The number of amides is 1. The van der Waals surface area contributed by atoms with Crippen LogP contribution in [0, 0.1) is 6.92 Å². The Bertz CT molecular complexity index is 1410. The second-order valence-electron chi connectivity index (χ2n) is 8.26. The number of benzene rings is 1. The number of H-pyrrole nitrogens is 1. The van der Waals surface area contributed by atoms with Crippen LogP contribution in [0.5, 0.6) is 0 Å². The minimum absolute atomic E-state index is 0. The molecule has 4 aromatic rings. The van der Waals surface area contributed by atoms with Crippen LogP contribution in [-0.4, -0.2) is 37.7 Å². The van der Waals surface area contributed by atoms with Crippen molar-refractivity contribution in [3.8, 4) is 22.4 Å². The lowest BCUT2D eigenvalue weighted by atomic mass is 9.97. The Labute approximate surface area is 200 Å². The first kappa shape index (κ1) is 23.0. The number of aromatic nitrogens is 4. The van der Waals surface area contributed by atoms with E-state index in [2.05, 4.69) is 27.0 Å². The number of carbonyl (C=O) groups excluding carboxylic acids is 2. The van der Waals surface area contributed by atoms with E-state index < -0.39 is 5.97 Å². The largest absolute Gasteiger partial charge is 0.459 e. The predicted octanol–water partition coefficient (Wildman–Crippen LogP) is 5.60. The second-order valence-corrected chi connectivity index (χ2v) is 8.26. The number of rotatable bonds is 7. The molecule has 0 bridgehead atoms. The molecule has 0 aliphatic heterocycles. The van der Waals surface area contributed by atoms with Crippen molar-refractivity contribution in [1.29, 1.82) is 0 Å². The number of ether oxygens (including phenoxy) is 1. The number of fused-ring (bicyclic) bond motifs is 1. The Morgan fingerprint density at radius 1 is 1.26 bits per heavy atom. The summed E-state index contributed by atoms with van der Waals surface area (Å²) in [6.07, 6.45) is 6.25. The van der Waals surface area contributed by atoms with Gasteiger partial charge in [-0.2, -0.15) is 5.10 Å². The molecule has 34 heavy (non-hydrogen) atoms. The molecule has 2 N–H and O–H groups in total. The maximum Gasteiger partial charge on any atom is 0.339 e. The van der Waals surface area contributed by atoms with E-state index in [1.165, 1.54) is 12.3 Å². The first-order valence-electron chi connectivity index (χ1n) is 11.1. The molecule has 0 aliphatic carbocycles. The topological polar surface area (TPSA) is 102 Å². The van der Waals surface area contributed by atoms with Gasteiger partial charge in [0.1, 0.15) is 5.65 Å². The highest BCUT2D eigenvalue weighted by molar-refractivity contribution is 6.06. The zero-order valence-corrected chi connectivity index (χ0v) is 19.7. The summed E-state index contributed by atoms with van der Waals surface area (Å²) in [7, 11) is 0. The minimum atomic E-state index is -0.431. The monoisotopic (exact) mass is 461 g/mol. The quantitative estimate of drug-likeness (QED) is 0.275. The number of hydrogen-bond donors (Lipinski definition) is 2. The number of aryl methyl sites for hydroxylation is 2. The van der Waals surface area contributed by atoms with E-state index in [0.717, 1.165) is 39.9 Å². The van der Waals surface area contributed by atoms with Crippen LogP contribution in [0.15, 0.2) is 55.5 Å². The van der Waals surface area contributed by atoms with E-state index in [1.807, 2.05) is 42.9 Å². The summed E-state index contributed by atoms with van der Waals surface area (Å²) in [6.45, 7) is 11.8. The molecule has 0 unspecified atom stereocenters. The summed E-state index contributed by atoms with van der Waals surface area (Å²) < 4.78 is 7.21. The molecule has 0 saturated carbocycles. The highest BCUT2D eigenvalue weighted by Crippen LogP contribution is 2.39. The van der Waals surface area contributed by atoms with Crippen molar-refractivity contribution in [3.05, 3.63) is 66.6 Å². The van der Waals surface area contributed by atoms with Crippen molar-refractivity contribution in [3.63, 3.8) is 0 Å². The number of pyridine rings is 1. The Morgan fingerprint density at radius 3 is 2.74 bits per heavy atom. The van der Waals surface area contributed by atoms with Gasteiger partial charge in [0.05, 0.1) is 23.6 Å². The van der Waals surface area contributed by atoms with Gasteiger partial charge < -0.3 is 15.0 Å². The van der Waals surface area contributed by atoms with E-state index in [-0.39, 0.29) is 14.9 Å². The maximum absolute atomic E-state index is 12.6. The van der Waals surface area contributed by atoms with Crippen molar-refractivity contribution >= 4 is 28.6 Å². The third-order valence-electron chi connectivity index (χ3n) is 5.44. The van der Waals surface area contributed by atoms with Crippen LogP contribution < -0.4 is 5.32 Å². The second kappa shape index (κ2) is 9.35. The van der Waals surface area contributed by atoms with Gasteiger partial charge >= 0.3 is 5.97 Å². The molecule has 3 aromatic heterocycles. The van der Waals surface area contributed by atoms with E-state index in [9.17, 15) is 9.59 Å². The first-order valence-corrected chi connectivity index (χ1v) is 11.1. The van der Waals surface area contributed by atoms with Gasteiger partial charge in [-0.1, -0.05) is 18.7 Å². The van der Waals surface area contributed by atoms with E-state index in [0.29, 0.717) is 16.9 Å². The number of nitrogens with one attached hydrogen (secondary N) is 2. The molecule has 0 fully saturated rings. The van der Waals surface area contributed by atoms with Gasteiger partial charge in [-0.15, -0.1) is 0 Å². The Balaban J connectivity index is 0.00000228. The fourth-order valence-corrected chi connectivity index (χ4v) is 3.74. The predicted molar refractivity (Wildman–Crippen MR) is 137 cm³/mol. The van der Waals surface area contributed by atoms with E-state index >= 15 is 0 Å². The molecule has 4 rings (SSSR count). The highest BCUT2D eigenvalue weighted by Gasteiger charge is 2.20. The lowest BCUT2D eigenvalue weighted by Crippen LogP contribution is -2.11. The number of aromatic amines is 1. The Morgan fingerprint density at radius 2 is 2.06 bits per heavy atom. The van der Waals surface area contributed by atoms with Crippen LogP contribution in [0.4, 0.5) is 5.69 Å². The lowest BCUT2D eigenvalue weighted by molar-refractivity contribution is -0.111. The first-order chi connectivity index (χ1) is 16.3. The molecule has 178 valence electrons. The van der Waals surface area contributed by atoms with Gasteiger partial charge in [0.25, 0.3) is 0 Å². The molecule has 3 heterocycles. The van der Waals surface area contributed by atoms with Gasteiger partial charge in [-0.3, -0.25) is 9.48 Å². The summed E-state index contributed by atoms with van der Waals surface area (Å²) in [5.74, 6) is -0.719. The number of esters is 1. The maximum atomic E-state index is 12.6. The van der Waals surface area contributed by atoms with Gasteiger partial charge in [0, 0.05) is 44.0 Å². The lowest BCUT2D eigenvalue weighted by Gasteiger charge is -2.11. The van der Waals surface area contributed by atoms with Crippen molar-refractivity contribution in [2.24, 2.45) is 0 Å². The SMILES string of the molecule is C=CC(=O)Nc1cc(-c2c(-c3cnn(CC)c3)[nH]c3ncc(C(=O)OC(C)C)cc23)ccc1C.[HH].[HH]. The van der Waals surface area contributed by atoms with Gasteiger partial charge in [0.15, 0.2) is 0 Å². The molecular formula is C26H31N5O3. The summed E-state index contributed by atoms with van der Waals surface area (Å²) in [6, 6.07) is 7.62. The average molecular weight is 462 g/mol. The van der Waals surface area contributed by atoms with Gasteiger partial charge in [-0.25, -0.2) is 9.78 Å². The van der Waals surface area contributed by atoms with Crippen LogP contribution in [0.25, 0.3) is 33.4 Å². The zero-order chi connectivity index (χ0) is 24.4. The number of anilines is 1. The van der Waals surface area contributed by atoms with E-state index in [4.69, 9.17) is 4.74 Å². The fourth-order valence-electron chi connectivity index (χ4n) is 3.74. The smallest absolute Gasteiger partial charge is 0.339 e. The molecule has 8 nitrogen and oxygen atoms in total. The molecule has 8 heteroatoms. The van der Waals surface area contributed by atoms with Crippen LogP contribution in [0.2, 0.25) is 0 Å². The molecule has 0 radical (unpaired) electrons. The van der Waals surface area contributed by atoms with Crippen LogP contribution in [0.1, 0.15) is 39.5 Å². The molecule has 1 aromatic carbocycles. The Kier molecular flexibility index (Phi) is 6.32. The average Bonchev–Trinajstić information content (AvgIpc) is 3.44. The number of nitrogens with zero attached hydrogens (tertiary/aromatic N) is 3. The molecule has 0 saturated heterocycles. The van der Waals surface area contributed by atoms with Crippen molar-refractivity contribution in [2.75, 3.05) is 5.32 Å². The summed E-state index contributed by atoms with van der Waals surface area (Å²) in [5, 5.41) is 8.04. The van der Waals surface area contributed by atoms with Crippen molar-refractivity contribution in [1.82, 2.24) is 19.7 Å². The molecule has 1 amide bonds. The van der Waals surface area contributed by atoms with Crippen LogP contribution in [-0.2, 0) is 16.1 Å². The fraction of sp³-hybridized carbons (Fsp3) is 0.231. The normalized spacial score (nSPS) is 11.1. The van der Waals surface area contributed by atoms with Gasteiger partial charge in [0.2, 0.25) is 5.91 Å². The third-order valence-corrected chi connectivity index (χ3v) is 5.44. The minimum Gasteiger partial charge on any atom is -0.459 e. The summed E-state index contributed by atoms with van der Waals surface area (Å²) in [4.78, 5) is 32.4. The van der Waals surface area contributed by atoms with E-state index in [1.54, 1.807) is 26.1 Å². The summed E-state index contributed by atoms with van der Waals surface area (Å²) >= 11 is 0. The van der Waals surface area contributed by atoms with Crippen molar-refractivity contribution < 1.29 is 17.2 Å². The molecule has 0 aliphatic rings. The number of hydrogen-bond acceptors (Lipinski definition) is 5.